The Kier molecular flexibility index (Phi) is 4.67. The van der Waals surface area contributed by atoms with E-state index in [1.807, 2.05) is 0 Å². The van der Waals surface area contributed by atoms with E-state index in [0.29, 0.717) is 12.1 Å². The van der Waals surface area contributed by atoms with E-state index in [4.69, 9.17) is 5.14 Å². The molecule has 0 bridgehead atoms. The number of anilines is 1. The van der Waals surface area contributed by atoms with Crippen LogP contribution in [-0.4, -0.2) is 39.5 Å². The third kappa shape index (κ3) is 3.71. The van der Waals surface area contributed by atoms with Gasteiger partial charge >= 0.3 is 0 Å². The lowest BCUT2D eigenvalue weighted by molar-refractivity contribution is 0.211. The van der Waals surface area contributed by atoms with E-state index in [1.54, 1.807) is 24.3 Å². The Labute approximate surface area is 121 Å². The van der Waals surface area contributed by atoms with Crippen LogP contribution in [0.2, 0.25) is 0 Å². The Morgan fingerprint density at radius 2 is 1.75 bits per heavy atom. The molecule has 1 fully saturated rings. The molecule has 2 atom stereocenters. The molecule has 1 saturated carbocycles. The Balaban J connectivity index is 2.09. The highest BCUT2D eigenvalue weighted by Crippen LogP contribution is 2.25. The summed E-state index contributed by atoms with van der Waals surface area (Å²) < 4.78 is 22.5. The zero-order chi connectivity index (χ0) is 14.8. The molecule has 0 amide bonds. The van der Waals surface area contributed by atoms with Crippen LogP contribution in [0.15, 0.2) is 29.2 Å². The van der Waals surface area contributed by atoms with Crippen LogP contribution in [0, 0.1) is 0 Å². The number of hydrogen-bond acceptors (Lipinski definition) is 4. The second-order valence-electron chi connectivity index (χ2n) is 5.64. The fourth-order valence-corrected chi connectivity index (χ4v) is 3.37. The number of primary sulfonamides is 1. The highest BCUT2D eigenvalue weighted by molar-refractivity contribution is 7.89. The van der Waals surface area contributed by atoms with Crippen LogP contribution in [-0.2, 0) is 10.0 Å². The number of nitrogens with zero attached hydrogens (tertiary/aromatic N) is 1. The molecule has 0 heterocycles. The maximum atomic E-state index is 11.2. The van der Waals surface area contributed by atoms with E-state index in [1.165, 1.54) is 19.3 Å². The van der Waals surface area contributed by atoms with Crippen molar-refractivity contribution in [3.05, 3.63) is 24.3 Å². The predicted molar refractivity (Wildman–Crippen MR) is 81.2 cm³/mol. The van der Waals surface area contributed by atoms with E-state index in [9.17, 15) is 8.42 Å². The van der Waals surface area contributed by atoms with Gasteiger partial charge in [-0.15, -0.1) is 0 Å². The van der Waals surface area contributed by atoms with Gasteiger partial charge in [0.25, 0.3) is 0 Å². The van der Waals surface area contributed by atoms with Gasteiger partial charge in [0, 0.05) is 17.8 Å². The lowest BCUT2D eigenvalue weighted by Gasteiger charge is -2.37. The maximum Gasteiger partial charge on any atom is 0.238 e. The van der Waals surface area contributed by atoms with E-state index in [0.717, 1.165) is 12.1 Å². The van der Waals surface area contributed by atoms with Crippen LogP contribution in [0.4, 0.5) is 5.69 Å². The standard InChI is InChI=1S/C14H23N3O2S/c1-17(2)14-6-4-3-5-13(14)16-11-7-9-12(10-8-11)20(15,18)19/h7-10,13-14,16H,3-6H2,1-2H3,(H2,15,18,19)/t13-,14-/m0/s1. The van der Waals surface area contributed by atoms with Crippen molar-refractivity contribution >= 4 is 15.7 Å². The SMILES string of the molecule is CN(C)[C@H]1CCCC[C@@H]1Nc1ccc(S(N)(=O)=O)cc1. The molecule has 1 aromatic rings. The number of rotatable bonds is 4. The van der Waals surface area contributed by atoms with Gasteiger partial charge in [-0.05, 0) is 51.2 Å². The maximum absolute atomic E-state index is 11.2. The lowest BCUT2D eigenvalue weighted by atomic mass is 9.89. The predicted octanol–water partition coefficient (Wildman–Crippen LogP) is 1.62. The van der Waals surface area contributed by atoms with Crippen LogP contribution in [0.25, 0.3) is 0 Å². The van der Waals surface area contributed by atoms with Gasteiger partial charge < -0.3 is 10.2 Å². The van der Waals surface area contributed by atoms with Gasteiger partial charge in [0.2, 0.25) is 10.0 Å². The molecule has 112 valence electrons. The number of hydrogen-bond donors (Lipinski definition) is 2. The minimum atomic E-state index is -3.61. The van der Waals surface area contributed by atoms with Crippen molar-refractivity contribution < 1.29 is 8.42 Å². The van der Waals surface area contributed by atoms with Gasteiger partial charge in [-0.1, -0.05) is 12.8 Å². The molecule has 1 aromatic carbocycles. The first-order valence-electron chi connectivity index (χ1n) is 6.94. The lowest BCUT2D eigenvalue weighted by Crippen LogP contribution is -2.45. The molecule has 1 aliphatic carbocycles. The molecule has 3 N–H and O–H groups in total. The van der Waals surface area contributed by atoms with Crippen molar-refractivity contribution in [2.24, 2.45) is 5.14 Å². The molecule has 1 aliphatic rings. The third-order valence-corrected chi connectivity index (χ3v) is 4.86. The molecule has 6 heteroatoms. The Hall–Kier alpha value is -1.11. The monoisotopic (exact) mass is 297 g/mol. The van der Waals surface area contributed by atoms with Crippen molar-refractivity contribution in [3.8, 4) is 0 Å². The number of nitrogens with one attached hydrogen (secondary N) is 1. The first-order valence-corrected chi connectivity index (χ1v) is 8.48. The Morgan fingerprint density at radius 1 is 1.15 bits per heavy atom. The fourth-order valence-electron chi connectivity index (χ4n) is 2.85. The van der Waals surface area contributed by atoms with E-state index >= 15 is 0 Å². The summed E-state index contributed by atoms with van der Waals surface area (Å²) in [5, 5.41) is 8.61. The second-order valence-corrected chi connectivity index (χ2v) is 7.20. The average molecular weight is 297 g/mol. The van der Waals surface area contributed by atoms with Crippen LogP contribution in [0.1, 0.15) is 25.7 Å². The highest BCUT2D eigenvalue weighted by atomic mass is 32.2. The van der Waals surface area contributed by atoms with E-state index in [-0.39, 0.29) is 4.90 Å². The zero-order valence-electron chi connectivity index (χ0n) is 12.0. The van der Waals surface area contributed by atoms with Crippen LogP contribution < -0.4 is 10.5 Å². The van der Waals surface area contributed by atoms with Gasteiger partial charge in [-0.25, -0.2) is 13.6 Å². The molecule has 0 aliphatic heterocycles. The quantitative estimate of drug-likeness (QED) is 0.885. The summed E-state index contributed by atoms with van der Waals surface area (Å²) in [5.74, 6) is 0. The molecule has 0 saturated heterocycles. The van der Waals surface area contributed by atoms with Gasteiger partial charge in [0.15, 0.2) is 0 Å². The van der Waals surface area contributed by atoms with Crippen LogP contribution in [0.3, 0.4) is 0 Å². The fraction of sp³-hybridized carbons (Fsp3) is 0.571. The third-order valence-electron chi connectivity index (χ3n) is 3.93. The number of sulfonamides is 1. The summed E-state index contributed by atoms with van der Waals surface area (Å²) >= 11 is 0. The average Bonchev–Trinajstić information content (AvgIpc) is 2.38. The van der Waals surface area contributed by atoms with E-state index < -0.39 is 10.0 Å². The topological polar surface area (TPSA) is 75.4 Å². The smallest absolute Gasteiger partial charge is 0.238 e. The molecular weight excluding hydrogens is 274 g/mol. The first-order chi connectivity index (χ1) is 9.38. The van der Waals surface area contributed by atoms with Crippen molar-refractivity contribution in [3.63, 3.8) is 0 Å². The van der Waals surface area contributed by atoms with Crippen molar-refractivity contribution in [1.82, 2.24) is 4.90 Å². The molecule has 0 spiro atoms. The van der Waals surface area contributed by atoms with Crippen LogP contribution >= 0.6 is 0 Å². The first kappa shape index (κ1) is 15.3. The Morgan fingerprint density at radius 3 is 2.30 bits per heavy atom. The number of likely N-dealkylation sites (N-methyl/N-ethyl adjacent to an activating group) is 1. The number of nitrogens with two attached hydrogens (primary N) is 1. The molecule has 2 rings (SSSR count). The van der Waals surface area contributed by atoms with Gasteiger partial charge in [0.05, 0.1) is 4.90 Å². The zero-order valence-corrected chi connectivity index (χ0v) is 12.9. The van der Waals surface area contributed by atoms with E-state index in [2.05, 4.69) is 24.3 Å². The minimum absolute atomic E-state index is 0.149. The van der Waals surface area contributed by atoms with Gasteiger partial charge in [-0.3, -0.25) is 0 Å². The second kappa shape index (κ2) is 6.11. The largest absolute Gasteiger partial charge is 0.381 e. The van der Waals surface area contributed by atoms with Gasteiger partial charge in [0.1, 0.15) is 0 Å². The number of benzene rings is 1. The summed E-state index contributed by atoms with van der Waals surface area (Å²) in [6.45, 7) is 0. The van der Waals surface area contributed by atoms with Crippen LogP contribution in [0.5, 0.6) is 0 Å². The molecule has 5 nitrogen and oxygen atoms in total. The Bertz CT molecular complexity index is 540. The van der Waals surface area contributed by atoms with Crippen molar-refractivity contribution in [1.29, 1.82) is 0 Å². The molecule has 0 aromatic heterocycles. The van der Waals surface area contributed by atoms with Crippen molar-refractivity contribution in [2.75, 3.05) is 19.4 Å². The minimum Gasteiger partial charge on any atom is -0.381 e. The molecule has 20 heavy (non-hydrogen) atoms. The van der Waals surface area contributed by atoms with Crippen molar-refractivity contribution in [2.45, 2.75) is 42.7 Å². The summed E-state index contributed by atoms with van der Waals surface area (Å²) in [6.07, 6.45) is 4.84. The molecular formula is C14H23N3O2S. The van der Waals surface area contributed by atoms with Gasteiger partial charge in [-0.2, -0.15) is 0 Å². The molecule has 0 radical (unpaired) electrons. The molecule has 0 unspecified atom stereocenters. The summed E-state index contributed by atoms with van der Waals surface area (Å²) in [4.78, 5) is 2.41. The summed E-state index contributed by atoms with van der Waals surface area (Å²) in [7, 11) is 0.599. The highest BCUT2D eigenvalue weighted by Gasteiger charge is 2.26. The summed E-state index contributed by atoms with van der Waals surface area (Å²) in [5.41, 5.74) is 0.941. The normalized spacial score (nSPS) is 23.8. The summed E-state index contributed by atoms with van der Waals surface area (Å²) in [6, 6.07) is 7.57.